The van der Waals surface area contributed by atoms with Crippen LogP contribution in [0.15, 0.2) is 23.1 Å². The molecule has 7 N–H and O–H groups in total. The highest BCUT2D eigenvalue weighted by Gasteiger charge is 2.14. The van der Waals surface area contributed by atoms with Crippen molar-refractivity contribution >= 4 is 31.4 Å². The fourth-order valence-electron chi connectivity index (χ4n) is 1.42. The Kier molecular flexibility index (Phi) is 4.74. The van der Waals surface area contributed by atoms with Gasteiger partial charge >= 0.3 is 0 Å². The number of nitrogens with two attached hydrogens (primary N) is 3. The molecule has 1 aromatic rings. The smallest absolute Gasteiger partial charge is 0.240 e. The minimum atomic E-state index is -3.91. The van der Waals surface area contributed by atoms with Crippen LogP contribution in [0.3, 0.4) is 0 Å². The Balaban J connectivity index is 2.79. The summed E-state index contributed by atoms with van der Waals surface area (Å²) in [4.78, 5) is -0.136. The van der Waals surface area contributed by atoms with E-state index in [2.05, 4.69) is 5.32 Å². The van der Waals surface area contributed by atoms with Crippen LogP contribution >= 0.6 is 0 Å². The first-order chi connectivity index (χ1) is 8.59. The molecule has 1 rings (SSSR count). The second-order valence-corrected chi connectivity index (χ2v) is 7.21. The topological polar surface area (TPSA) is 158 Å². The van der Waals surface area contributed by atoms with Crippen LogP contribution in [0, 0.1) is 0 Å². The van der Waals surface area contributed by atoms with Gasteiger partial charge in [-0.05, 0) is 24.6 Å². The summed E-state index contributed by atoms with van der Waals surface area (Å²) < 4.78 is 44.2. The normalized spacial score (nSPS) is 12.3. The molecule has 0 saturated heterocycles. The van der Waals surface area contributed by atoms with Crippen molar-refractivity contribution in [3.63, 3.8) is 0 Å². The van der Waals surface area contributed by atoms with E-state index in [4.69, 9.17) is 16.0 Å². The van der Waals surface area contributed by atoms with Crippen LogP contribution in [-0.2, 0) is 20.0 Å². The monoisotopic (exact) mass is 308 g/mol. The van der Waals surface area contributed by atoms with Gasteiger partial charge in [0.25, 0.3) is 0 Å². The number of hydrogen-bond donors (Lipinski definition) is 4. The minimum Gasteiger partial charge on any atom is -0.399 e. The Morgan fingerprint density at radius 1 is 1.11 bits per heavy atom. The quantitative estimate of drug-likeness (QED) is 0.390. The summed E-state index contributed by atoms with van der Waals surface area (Å²) in [7, 11) is -7.43. The number of rotatable bonds is 6. The summed E-state index contributed by atoms with van der Waals surface area (Å²) >= 11 is 0. The second-order valence-electron chi connectivity index (χ2n) is 3.95. The van der Waals surface area contributed by atoms with Crippen LogP contribution in [0.4, 0.5) is 11.4 Å². The first kappa shape index (κ1) is 15.7. The molecule has 10 heteroatoms. The van der Waals surface area contributed by atoms with Gasteiger partial charge in [-0.1, -0.05) is 0 Å². The van der Waals surface area contributed by atoms with Gasteiger partial charge in [0.15, 0.2) is 0 Å². The molecule has 0 atom stereocenters. The van der Waals surface area contributed by atoms with Crippen molar-refractivity contribution in [3.05, 3.63) is 18.2 Å². The highest BCUT2D eigenvalue weighted by molar-refractivity contribution is 7.89. The van der Waals surface area contributed by atoms with Gasteiger partial charge in [0, 0.05) is 12.2 Å². The maximum Gasteiger partial charge on any atom is 0.240 e. The average molecular weight is 308 g/mol. The first-order valence-corrected chi connectivity index (χ1v) is 8.52. The Hall–Kier alpha value is -1.36. The standard InChI is InChI=1S/C9H16N4O4S2/c10-7-2-3-8(9(6-7)19(12,16)17)13-4-1-5-18(11,14)15/h2-3,6,13H,1,4-5,10H2,(H2,11,14,15)(H2,12,16,17). The Bertz CT molecular complexity index is 655. The van der Waals surface area contributed by atoms with Gasteiger partial charge in [-0.3, -0.25) is 0 Å². The largest absolute Gasteiger partial charge is 0.399 e. The lowest BCUT2D eigenvalue weighted by Gasteiger charge is -2.11. The Labute approximate surface area is 112 Å². The van der Waals surface area contributed by atoms with E-state index in [1.807, 2.05) is 0 Å². The second kappa shape index (κ2) is 5.74. The molecule has 0 aromatic heterocycles. The highest BCUT2D eigenvalue weighted by Crippen LogP contribution is 2.22. The molecular formula is C9H16N4O4S2. The molecule has 0 amide bonds. The number of anilines is 2. The van der Waals surface area contributed by atoms with Gasteiger partial charge < -0.3 is 11.1 Å². The fourth-order valence-corrected chi connectivity index (χ4v) is 2.71. The van der Waals surface area contributed by atoms with E-state index in [1.54, 1.807) is 0 Å². The molecule has 0 radical (unpaired) electrons. The van der Waals surface area contributed by atoms with Gasteiger partial charge in [-0.25, -0.2) is 27.1 Å². The van der Waals surface area contributed by atoms with E-state index in [0.29, 0.717) is 0 Å². The summed E-state index contributed by atoms with van der Waals surface area (Å²) in [6.07, 6.45) is 0.243. The summed E-state index contributed by atoms with van der Waals surface area (Å²) in [5.41, 5.74) is 6.03. The van der Waals surface area contributed by atoms with Gasteiger partial charge in [0.1, 0.15) is 4.90 Å². The summed E-state index contributed by atoms with van der Waals surface area (Å²) in [6.45, 7) is 0.239. The highest BCUT2D eigenvalue weighted by atomic mass is 32.2. The van der Waals surface area contributed by atoms with E-state index in [0.717, 1.165) is 0 Å². The van der Waals surface area contributed by atoms with Crippen molar-refractivity contribution in [2.45, 2.75) is 11.3 Å². The Morgan fingerprint density at radius 2 is 1.74 bits per heavy atom. The molecule has 0 heterocycles. The third kappa shape index (κ3) is 5.42. The number of hydrogen-bond acceptors (Lipinski definition) is 6. The van der Waals surface area contributed by atoms with Crippen LogP contribution in [0.25, 0.3) is 0 Å². The van der Waals surface area contributed by atoms with Crippen molar-refractivity contribution in [2.75, 3.05) is 23.3 Å². The summed E-state index contributed by atoms with van der Waals surface area (Å²) in [5.74, 6) is -0.195. The first-order valence-electron chi connectivity index (χ1n) is 5.26. The number of nitrogen functional groups attached to an aromatic ring is 1. The third-order valence-electron chi connectivity index (χ3n) is 2.23. The molecule has 0 aliphatic carbocycles. The van der Waals surface area contributed by atoms with Crippen molar-refractivity contribution in [1.82, 2.24) is 0 Å². The zero-order chi connectivity index (χ0) is 14.7. The predicted octanol–water partition coefficient (Wildman–Crippen LogP) is -0.993. The van der Waals surface area contributed by atoms with Gasteiger partial charge in [0.2, 0.25) is 20.0 Å². The summed E-state index contributed by atoms with van der Waals surface area (Å²) in [5, 5.41) is 12.7. The van der Waals surface area contributed by atoms with Crippen LogP contribution in [-0.4, -0.2) is 29.1 Å². The van der Waals surface area contributed by atoms with Gasteiger partial charge in [0.05, 0.1) is 11.4 Å². The van der Waals surface area contributed by atoms with Gasteiger partial charge in [-0.15, -0.1) is 0 Å². The molecule has 0 bridgehead atoms. The predicted molar refractivity (Wildman–Crippen MR) is 73.3 cm³/mol. The molecule has 0 unspecified atom stereocenters. The maximum atomic E-state index is 11.4. The third-order valence-corrected chi connectivity index (χ3v) is 4.04. The van der Waals surface area contributed by atoms with Crippen molar-refractivity contribution in [2.24, 2.45) is 10.3 Å². The van der Waals surface area contributed by atoms with Crippen molar-refractivity contribution in [3.8, 4) is 0 Å². The molecule has 1 aromatic carbocycles. The molecule has 0 aliphatic heterocycles. The molecule has 0 spiro atoms. The van der Waals surface area contributed by atoms with Crippen LogP contribution in [0.2, 0.25) is 0 Å². The molecule has 0 aliphatic rings. The van der Waals surface area contributed by atoms with Crippen molar-refractivity contribution < 1.29 is 16.8 Å². The lowest BCUT2D eigenvalue weighted by atomic mass is 10.3. The van der Waals surface area contributed by atoms with E-state index in [1.165, 1.54) is 18.2 Å². The average Bonchev–Trinajstić information content (AvgIpc) is 2.23. The van der Waals surface area contributed by atoms with Gasteiger partial charge in [-0.2, -0.15) is 0 Å². The van der Waals surface area contributed by atoms with Crippen LogP contribution < -0.4 is 21.3 Å². The minimum absolute atomic E-state index is 0.136. The number of benzene rings is 1. The number of nitrogens with one attached hydrogen (secondary N) is 1. The van der Waals surface area contributed by atoms with Crippen molar-refractivity contribution in [1.29, 1.82) is 0 Å². The molecule has 0 fully saturated rings. The lowest BCUT2D eigenvalue weighted by molar-refractivity contribution is 0.594. The van der Waals surface area contributed by atoms with E-state index < -0.39 is 20.0 Å². The Morgan fingerprint density at radius 3 is 2.26 bits per heavy atom. The fraction of sp³-hybridized carbons (Fsp3) is 0.333. The molecule has 0 saturated carbocycles. The molecule has 19 heavy (non-hydrogen) atoms. The van der Waals surface area contributed by atoms with Crippen LogP contribution in [0.1, 0.15) is 6.42 Å². The molecule has 108 valence electrons. The van der Waals surface area contributed by atoms with E-state index >= 15 is 0 Å². The zero-order valence-electron chi connectivity index (χ0n) is 10.0. The number of sulfonamides is 2. The van der Waals surface area contributed by atoms with E-state index in [-0.39, 0.29) is 35.0 Å². The summed E-state index contributed by atoms with van der Waals surface area (Å²) in [6, 6.07) is 4.21. The SMILES string of the molecule is Nc1ccc(NCCCS(N)(=O)=O)c(S(N)(=O)=O)c1. The lowest BCUT2D eigenvalue weighted by Crippen LogP contribution is -2.20. The maximum absolute atomic E-state index is 11.4. The molecular weight excluding hydrogens is 292 g/mol. The van der Waals surface area contributed by atoms with E-state index in [9.17, 15) is 16.8 Å². The van der Waals surface area contributed by atoms with Crippen LogP contribution in [0.5, 0.6) is 0 Å². The molecule has 8 nitrogen and oxygen atoms in total. The number of primary sulfonamides is 2. The zero-order valence-corrected chi connectivity index (χ0v) is 11.7.